The Balaban J connectivity index is 1.65. The van der Waals surface area contributed by atoms with Crippen LogP contribution in [-0.2, 0) is 4.74 Å². The smallest absolute Gasteiger partial charge is 0.231 e. The number of aromatic nitrogens is 3. The number of methoxy groups -OCH3 is 1. The quantitative estimate of drug-likeness (QED) is 0.593. The maximum Gasteiger partial charge on any atom is 0.231 e. The largest absolute Gasteiger partial charge is 0.485 e. The molecule has 4 rings (SSSR count). The van der Waals surface area contributed by atoms with Crippen LogP contribution in [0.15, 0.2) is 24.4 Å². The summed E-state index contributed by atoms with van der Waals surface area (Å²) in [7, 11) is 1.66. The number of ether oxygens (including phenoxy) is 3. The molecule has 25 heavy (non-hydrogen) atoms. The molecule has 129 valence electrons. The average Bonchev–Trinajstić information content (AvgIpc) is 3.11. The molecule has 0 spiro atoms. The van der Waals surface area contributed by atoms with Crippen LogP contribution in [0.4, 0.5) is 17.5 Å². The Morgan fingerprint density at radius 3 is 3.12 bits per heavy atom. The summed E-state index contributed by atoms with van der Waals surface area (Å²) in [5.41, 5.74) is 1.48. The van der Waals surface area contributed by atoms with Gasteiger partial charge in [0.15, 0.2) is 11.5 Å². The van der Waals surface area contributed by atoms with E-state index < -0.39 is 0 Å². The third-order valence-electron chi connectivity index (χ3n) is 3.75. The third kappa shape index (κ3) is 3.16. The van der Waals surface area contributed by atoms with E-state index in [4.69, 9.17) is 14.2 Å². The molecule has 0 saturated heterocycles. The van der Waals surface area contributed by atoms with Gasteiger partial charge in [0.25, 0.3) is 0 Å². The molecule has 8 heteroatoms. The highest BCUT2D eigenvalue weighted by Gasteiger charge is 2.17. The summed E-state index contributed by atoms with van der Waals surface area (Å²) in [6.07, 6.45) is 1.83. The van der Waals surface area contributed by atoms with Crippen molar-refractivity contribution in [3.05, 3.63) is 30.5 Å². The van der Waals surface area contributed by atoms with Crippen molar-refractivity contribution in [1.82, 2.24) is 15.0 Å². The molecule has 3 heterocycles. The number of anilines is 3. The monoisotopic (exact) mass is 340 g/mol. The zero-order chi connectivity index (χ0) is 17.1. The molecule has 0 amide bonds. The number of fused-ring (bicyclic) bond motifs is 2. The molecule has 0 bridgehead atoms. The van der Waals surface area contributed by atoms with Crippen molar-refractivity contribution in [2.24, 2.45) is 0 Å². The number of nitrogens with zero attached hydrogens (tertiary/aromatic N) is 2. The fourth-order valence-electron chi connectivity index (χ4n) is 2.62. The Bertz CT molecular complexity index is 880. The van der Waals surface area contributed by atoms with Gasteiger partial charge in [0.2, 0.25) is 5.95 Å². The van der Waals surface area contributed by atoms with Crippen molar-refractivity contribution in [1.29, 1.82) is 0 Å². The maximum atomic E-state index is 5.69. The average molecular weight is 340 g/mol. The lowest BCUT2D eigenvalue weighted by molar-refractivity contribution is 0.172. The molecule has 0 saturated carbocycles. The minimum absolute atomic E-state index is 0.456. The molecule has 0 atom stereocenters. The molecular formula is C17H18N5O3. The van der Waals surface area contributed by atoms with E-state index in [9.17, 15) is 0 Å². The van der Waals surface area contributed by atoms with Crippen LogP contribution in [0, 0.1) is 6.07 Å². The van der Waals surface area contributed by atoms with Crippen LogP contribution >= 0.6 is 0 Å². The lowest BCUT2D eigenvalue weighted by atomic mass is 10.2. The molecule has 0 unspecified atom stereocenters. The highest BCUT2D eigenvalue weighted by atomic mass is 16.6. The van der Waals surface area contributed by atoms with Gasteiger partial charge >= 0.3 is 0 Å². The molecule has 1 aliphatic rings. The van der Waals surface area contributed by atoms with E-state index in [0.29, 0.717) is 43.8 Å². The third-order valence-corrected chi connectivity index (χ3v) is 3.75. The van der Waals surface area contributed by atoms with E-state index in [1.807, 2.05) is 18.3 Å². The summed E-state index contributed by atoms with van der Waals surface area (Å²) in [6.45, 7) is 2.26. The number of rotatable bonds is 6. The second-order valence-corrected chi connectivity index (χ2v) is 5.43. The lowest BCUT2D eigenvalue weighted by Gasteiger charge is -2.20. The van der Waals surface area contributed by atoms with E-state index in [2.05, 4.69) is 31.7 Å². The molecule has 2 aromatic heterocycles. The standard InChI is InChI=1S/C17H18N5O3/c1-23-8-7-19-16-11-5-6-18-15(11)21-17(22-16)20-12-3-2-4-13-14(12)25-10-9-24-13/h2-3,5-6H,7-10H2,1H3,(H3,18,19,20,21,22). The topological polar surface area (TPSA) is 93.3 Å². The number of hydrogen-bond acceptors (Lipinski definition) is 7. The van der Waals surface area contributed by atoms with Crippen LogP contribution in [0.3, 0.4) is 0 Å². The highest BCUT2D eigenvalue weighted by Crippen LogP contribution is 2.38. The van der Waals surface area contributed by atoms with E-state index in [1.165, 1.54) is 0 Å². The van der Waals surface area contributed by atoms with Crippen molar-refractivity contribution in [2.45, 2.75) is 0 Å². The molecule has 0 fully saturated rings. The van der Waals surface area contributed by atoms with E-state index in [1.54, 1.807) is 13.2 Å². The van der Waals surface area contributed by atoms with Crippen molar-refractivity contribution >= 4 is 28.5 Å². The molecular weight excluding hydrogens is 322 g/mol. The summed E-state index contributed by atoms with van der Waals surface area (Å²) >= 11 is 0. The Morgan fingerprint density at radius 2 is 2.20 bits per heavy atom. The van der Waals surface area contributed by atoms with Gasteiger partial charge < -0.3 is 29.8 Å². The Morgan fingerprint density at radius 1 is 1.28 bits per heavy atom. The van der Waals surface area contributed by atoms with E-state index in [-0.39, 0.29) is 0 Å². The van der Waals surface area contributed by atoms with Gasteiger partial charge in [0, 0.05) is 25.9 Å². The van der Waals surface area contributed by atoms with Crippen LogP contribution in [0.25, 0.3) is 11.0 Å². The maximum absolute atomic E-state index is 5.69. The van der Waals surface area contributed by atoms with Crippen LogP contribution < -0.4 is 20.1 Å². The van der Waals surface area contributed by atoms with E-state index in [0.717, 1.165) is 22.5 Å². The van der Waals surface area contributed by atoms with Gasteiger partial charge in [0.05, 0.1) is 17.7 Å². The van der Waals surface area contributed by atoms with Gasteiger partial charge in [0.1, 0.15) is 24.7 Å². The molecule has 3 N–H and O–H groups in total. The first-order valence-corrected chi connectivity index (χ1v) is 8.00. The van der Waals surface area contributed by atoms with Crippen LogP contribution in [0.5, 0.6) is 11.5 Å². The molecule has 1 aliphatic heterocycles. The first-order chi connectivity index (χ1) is 12.3. The van der Waals surface area contributed by atoms with Gasteiger partial charge in [-0.25, -0.2) is 0 Å². The molecule has 8 nitrogen and oxygen atoms in total. The predicted octanol–water partition coefficient (Wildman–Crippen LogP) is 2.33. The Hall–Kier alpha value is -3.00. The molecule has 1 aromatic carbocycles. The lowest BCUT2D eigenvalue weighted by Crippen LogP contribution is -2.16. The number of H-pyrrole nitrogens is 1. The number of hydrogen-bond donors (Lipinski definition) is 3. The zero-order valence-electron chi connectivity index (χ0n) is 13.8. The molecule has 3 aromatic rings. The SMILES string of the molecule is COCCNc1nc(Nc2cc[c]c3c2OCCO3)nc2[nH]ccc12. The van der Waals surface area contributed by atoms with Crippen molar-refractivity contribution in [3.8, 4) is 11.5 Å². The summed E-state index contributed by atoms with van der Waals surface area (Å²) < 4.78 is 16.3. The van der Waals surface area contributed by atoms with Gasteiger partial charge in [-0.3, -0.25) is 0 Å². The highest BCUT2D eigenvalue weighted by molar-refractivity contribution is 5.88. The summed E-state index contributed by atoms with van der Waals surface area (Å²) in [5, 5.41) is 7.39. The minimum Gasteiger partial charge on any atom is -0.485 e. The normalized spacial score (nSPS) is 13.0. The fraction of sp³-hybridized carbons (Fsp3) is 0.294. The summed E-state index contributed by atoms with van der Waals surface area (Å²) in [4.78, 5) is 12.2. The van der Waals surface area contributed by atoms with Gasteiger partial charge in [-0.1, -0.05) is 0 Å². The van der Waals surface area contributed by atoms with Crippen molar-refractivity contribution < 1.29 is 14.2 Å². The Labute approximate surface area is 144 Å². The Kier molecular flexibility index (Phi) is 4.26. The second-order valence-electron chi connectivity index (χ2n) is 5.43. The van der Waals surface area contributed by atoms with Crippen molar-refractivity contribution in [3.63, 3.8) is 0 Å². The first kappa shape index (κ1) is 15.5. The van der Waals surface area contributed by atoms with Gasteiger partial charge in [-0.15, -0.1) is 0 Å². The number of nitrogens with one attached hydrogen (secondary N) is 3. The number of aromatic amines is 1. The zero-order valence-corrected chi connectivity index (χ0v) is 13.8. The molecule has 1 radical (unpaired) electrons. The fourth-order valence-corrected chi connectivity index (χ4v) is 2.62. The van der Waals surface area contributed by atoms with Gasteiger partial charge in [-0.2, -0.15) is 9.97 Å². The van der Waals surface area contributed by atoms with Crippen molar-refractivity contribution in [2.75, 3.05) is 44.1 Å². The van der Waals surface area contributed by atoms with Crippen LogP contribution in [0.2, 0.25) is 0 Å². The van der Waals surface area contributed by atoms with Gasteiger partial charge in [-0.05, 0) is 18.2 Å². The van der Waals surface area contributed by atoms with Crippen LogP contribution in [-0.4, -0.2) is 48.4 Å². The summed E-state index contributed by atoms with van der Waals surface area (Å²) in [6, 6.07) is 8.59. The second kappa shape index (κ2) is 6.86. The summed E-state index contributed by atoms with van der Waals surface area (Å²) in [5.74, 6) is 2.41. The number of benzene rings is 1. The van der Waals surface area contributed by atoms with Crippen LogP contribution in [0.1, 0.15) is 0 Å². The minimum atomic E-state index is 0.456. The first-order valence-electron chi connectivity index (χ1n) is 8.00. The van der Waals surface area contributed by atoms with E-state index >= 15 is 0 Å². The predicted molar refractivity (Wildman–Crippen MR) is 93.8 cm³/mol. The molecule has 0 aliphatic carbocycles.